The van der Waals surface area contributed by atoms with Crippen LogP contribution in [-0.4, -0.2) is 50.0 Å². The minimum atomic E-state index is -3.82. The monoisotopic (exact) mass is 527 g/mol. The van der Waals surface area contributed by atoms with E-state index in [0.29, 0.717) is 22.0 Å². The van der Waals surface area contributed by atoms with Crippen LogP contribution in [0.25, 0.3) is 0 Å². The van der Waals surface area contributed by atoms with E-state index >= 15 is 0 Å². The highest BCUT2D eigenvalue weighted by molar-refractivity contribution is 7.92. The number of hydrogen-bond donors (Lipinski definition) is 1. The van der Waals surface area contributed by atoms with E-state index in [4.69, 9.17) is 23.2 Å². The summed E-state index contributed by atoms with van der Waals surface area (Å²) >= 11 is 12.4. The molecule has 10 heteroatoms. The second-order valence-corrected chi connectivity index (χ2v) is 10.9. The summed E-state index contributed by atoms with van der Waals surface area (Å²) in [4.78, 5) is 28.1. The van der Waals surface area contributed by atoms with E-state index in [1.165, 1.54) is 11.0 Å². The number of nitrogens with zero attached hydrogens (tertiary/aromatic N) is 2. The molecule has 0 radical (unpaired) electrons. The highest BCUT2D eigenvalue weighted by atomic mass is 35.5. The average Bonchev–Trinajstić information content (AvgIpc) is 2.77. The molecule has 2 atom stereocenters. The summed E-state index contributed by atoms with van der Waals surface area (Å²) in [5.74, 6) is -0.831. The van der Waals surface area contributed by atoms with E-state index in [-0.39, 0.29) is 24.2 Å². The van der Waals surface area contributed by atoms with Gasteiger partial charge in [0, 0.05) is 22.6 Å². The molecule has 0 saturated carbocycles. The first-order valence-corrected chi connectivity index (χ1v) is 13.6. The van der Waals surface area contributed by atoms with E-state index in [2.05, 4.69) is 5.32 Å². The van der Waals surface area contributed by atoms with Crippen molar-refractivity contribution in [3.05, 3.63) is 64.1 Å². The van der Waals surface area contributed by atoms with Crippen molar-refractivity contribution < 1.29 is 18.0 Å². The number of sulfonamides is 1. The lowest BCUT2D eigenvalue weighted by Crippen LogP contribution is -2.53. The Balaban J connectivity index is 2.45. The Labute approximate surface area is 212 Å². The summed E-state index contributed by atoms with van der Waals surface area (Å²) in [6.45, 7) is 5.21. The lowest BCUT2D eigenvalue weighted by atomic mass is 10.1. The Hall–Kier alpha value is -2.29. The third kappa shape index (κ3) is 7.61. The zero-order chi connectivity index (χ0) is 25.5. The van der Waals surface area contributed by atoms with Gasteiger partial charge in [-0.25, -0.2) is 8.42 Å². The number of hydrogen-bond acceptors (Lipinski definition) is 4. The molecule has 2 aromatic rings. The molecule has 186 valence electrons. The number of nitrogens with one attached hydrogen (secondary N) is 1. The molecule has 0 saturated heterocycles. The molecule has 0 aliphatic carbocycles. The van der Waals surface area contributed by atoms with Crippen LogP contribution < -0.4 is 9.62 Å². The molecule has 0 aromatic heterocycles. The summed E-state index contributed by atoms with van der Waals surface area (Å²) in [5.41, 5.74) is 0.916. The average molecular weight is 529 g/mol. The number of halogens is 2. The van der Waals surface area contributed by atoms with Crippen LogP contribution in [0.4, 0.5) is 5.69 Å². The second-order valence-electron chi connectivity index (χ2n) is 8.10. The van der Waals surface area contributed by atoms with Gasteiger partial charge in [-0.3, -0.25) is 13.9 Å². The maximum atomic E-state index is 13.6. The summed E-state index contributed by atoms with van der Waals surface area (Å²) in [6, 6.07) is 12.4. The zero-order valence-corrected chi connectivity index (χ0v) is 22.1. The molecular formula is C24H31Cl2N3O4S. The molecule has 0 aliphatic heterocycles. The van der Waals surface area contributed by atoms with Gasteiger partial charge in [0.1, 0.15) is 12.6 Å². The number of carbonyl (C=O) groups is 2. The molecule has 7 nitrogen and oxygen atoms in total. The summed E-state index contributed by atoms with van der Waals surface area (Å²) in [7, 11) is -3.82. The van der Waals surface area contributed by atoms with Gasteiger partial charge in [0.2, 0.25) is 21.8 Å². The fourth-order valence-corrected chi connectivity index (χ4v) is 4.64. The van der Waals surface area contributed by atoms with Gasteiger partial charge in [0.05, 0.1) is 11.9 Å². The van der Waals surface area contributed by atoms with Crippen LogP contribution in [0, 0.1) is 0 Å². The zero-order valence-electron chi connectivity index (χ0n) is 19.8. The molecule has 1 N–H and O–H groups in total. The van der Waals surface area contributed by atoms with E-state index in [0.717, 1.165) is 17.0 Å². The molecular weight excluding hydrogens is 497 g/mol. The lowest BCUT2D eigenvalue weighted by Gasteiger charge is -2.33. The van der Waals surface area contributed by atoms with Crippen molar-refractivity contribution in [1.29, 1.82) is 0 Å². The number of carbonyl (C=O) groups excluding carboxylic acids is 2. The van der Waals surface area contributed by atoms with Crippen molar-refractivity contribution in [3.63, 3.8) is 0 Å². The summed E-state index contributed by atoms with van der Waals surface area (Å²) in [5, 5.41) is 3.71. The maximum Gasteiger partial charge on any atom is 0.244 e. The van der Waals surface area contributed by atoms with Crippen LogP contribution in [0.5, 0.6) is 0 Å². The third-order valence-corrected chi connectivity index (χ3v) is 7.21. The van der Waals surface area contributed by atoms with Crippen LogP contribution >= 0.6 is 23.2 Å². The largest absolute Gasteiger partial charge is 0.352 e. The SMILES string of the molecule is CC[C@H](C(=O)N[C@@H](C)CC)N(Cc1ccccc1Cl)C(=O)CN(c1cccc(Cl)c1)S(C)(=O)=O. The first kappa shape index (κ1) is 28.0. The molecule has 0 fully saturated rings. The van der Waals surface area contributed by atoms with Gasteiger partial charge in [-0.15, -0.1) is 0 Å². The van der Waals surface area contributed by atoms with Crippen LogP contribution in [0.2, 0.25) is 10.0 Å². The summed E-state index contributed by atoms with van der Waals surface area (Å²) < 4.78 is 26.2. The number of rotatable bonds is 11. The molecule has 2 aromatic carbocycles. The topological polar surface area (TPSA) is 86.8 Å². The quantitative estimate of drug-likeness (QED) is 0.466. The highest BCUT2D eigenvalue weighted by Gasteiger charge is 2.32. The molecule has 34 heavy (non-hydrogen) atoms. The molecule has 2 amide bonds. The van der Waals surface area contributed by atoms with Crippen molar-refractivity contribution in [2.24, 2.45) is 0 Å². The Morgan fingerprint density at radius 1 is 1.03 bits per heavy atom. The van der Waals surface area contributed by atoms with Crippen molar-refractivity contribution in [1.82, 2.24) is 10.2 Å². The Morgan fingerprint density at radius 2 is 1.71 bits per heavy atom. The van der Waals surface area contributed by atoms with Crippen molar-refractivity contribution in [3.8, 4) is 0 Å². The molecule has 2 rings (SSSR count). The normalized spacial score (nSPS) is 13.1. The van der Waals surface area contributed by atoms with Gasteiger partial charge in [-0.2, -0.15) is 0 Å². The van der Waals surface area contributed by atoms with Crippen LogP contribution in [0.3, 0.4) is 0 Å². The van der Waals surface area contributed by atoms with Crippen LogP contribution in [0.1, 0.15) is 39.2 Å². The Bertz CT molecular complexity index is 1110. The van der Waals surface area contributed by atoms with Gasteiger partial charge >= 0.3 is 0 Å². The minimum Gasteiger partial charge on any atom is -0.352 e. The molecule has 0 unspecified atom stereocenters. The van der Waals surface area contributed by atoms with Gasteiger partial charge in [0.25, 0.3) is 0 Å². The fourth-order valence-electron chi connectivity index (χ4n) is 3.42. The Morgan fingerprint density at radius 3 is 2.26 bits per heavy atom. The number of anilines is 1. The minimum absolute atomic E-state index is 0.0537. The Kier molecular flexibility index (Phi) is 10.2. The first-order valence-electron chi connectivity index (χ1n) is 11.0. The maximum absolute atomic E-state index is 13.6. The van der Waals surface area contributed by atoms with E-state index < -0.39 is 28.5 Å². The summed E-state index contributed by atoms with van der Waals surface area (Å²) in [6.07, 6.45) is 2.10. The first-order chi connectivity index (χ1) is 16.0. The fraction of sp³-hybridized carbons (Fsp3) is 0.417. The van der Waals surface area contributed by atoms with Gasteiger partial charge in [-0.1, -0.05) is 61.3 Å². The van der Waals surface area contributed by atoms with E-state index in [1.54, 1.807) is 49.4 Å². The number of amides is 2. The van der Waals surface area contributed by atoms with Crippen LogP contribution in [-0.2, 0) is 26.2 Å². The molecule has 0 aliphatic rings. The predicted octanol–water partition coefficient (Wildman–Crippen LogP) is 4.48. The van der Waals surface area contributed by atoms with E-state index in [1.807, 2.05) is 13.8 Å². The van der Waals surface area contributed by atoms with Crippen molar-refractivity contribution >= 4 is 50.7 Å². The predicted molar refractivity (Wildman–Crippen MR) is 138 cm³/mol. The van der Waals surface area contributed by atoms with E-state index in [9.17, 15) is 18.0 Å². The number of benzene rings is 2. The smallest absolute Gasteiger partial charge is 0.244 e. The third-order valence-electron chi connectivity index (χ3n) is 5.46. The highest BCUT2D eigenvalue weighted by Crippen LogP contribution is 2.24. The second kappa shape index (κ2) is 12.4. The van der Waals surface area contributed by atoms with Gasteiger partial charge in [-0.05, 0) is 49.6 Å². The van der Waals surface area contributed by atoms with Gasteiger partial charge in [0.15, 0.2) is 0 Å². The molecule has 0 bridgehead atoms. The van der Waals surface area contributed by atoms with Crippen molar-refractivity contribution in [2.45, 2.75) is 52.2 Å². The van der Waals surface area contributed by atoms with Gasteiger partial charge < -0.3 is 10.2 Å². The standard InChI is InChI=1S/C24H31Cl2N3O4S/c1-5-17(3)27-24(31)22(6-2)28(15-18-10-7-8-13-21(18)26)23(30)16-29(34(4,32)33)20-12-9-11-19(25)14-20/h7-14,17,22H,5-6,15-16H2,1-4H3,(H,27,31)/t17-,22+/m0/s1. The molecule has 0 heterocycles. The van der Waals surface area contributed by atoms with Crippen molar-refractivity contribution in [2.75, 3.05) is 17.1 Å². The molecule has 0 spiro atoms. The van der Waals surface area contributed by atoms with Crippen LogP contribution in [0.15, 0.2) is 48.5 Å². The lowest BCUT2D eigenvalue weighted by molar-refractivity contribution is -0.140.